The first-order valence-electron chi connectivity index (χ1n) is 11.1. The Hall–Kier alpha value is -3.29. The van der Waals surface area contributed by atoms with Crippen molar-refractivity contribution in [1.82, 2.24) is 25.9 Å². The normalized spacial score (nSPS) is 14.8. The summed E-state index contributed by atoms with van der Waals surface area (Å²) >= 11 is 0. The molecule has 0 aliphatic heterocycles. The number of carbonyl (C=O) groups excluding carboxylic acids is 1. The summed E-state index contributed by atoms with van der Waals surface area (Å²) in [5, 5.41) is 9.58. The van der Waals surface area contributed by atoms with Gasteiger partial charge in [-0.05, 0) is 55.6 Å². The van der Waals surface area contributed by atoms with Gasteiger partial charge in [-0.2, -0.15) is 0 Å². The molecule has 0 radical (unpaired) electrons. The zero-order valence-electron chi connectivity index (χ0n) is 18.4. The van der Waals surface area contributed by atoms with Gasteiger partial charge in [0, 0.05) is 24.7 Å². The molecule has 3 aromatic rings. The quantitative estimate of drug-likeness (QED) is 0.389. The Morgan fingerprint density at radius 3 is 2.91 bits per heavy atom. The van der Waals surface area contributed by atoms with Gasteiger partial charge in [0.05, 0.1) is 11.9 Å². The topological polar surface area (TPSA) is 105 Å². The van der Waals surface area contributed by atoms with Crippen molar-refractivity contribution in [2.45, 2.75) is 31.8 Å². The molecule has 166 valence electrons. The number of fused-ring (bicyclic) bond motifs is 1. The van der Waals surface area contributed by atoms with Crippen LogP contribution in [0.5, 0.6) is 0 Å². The smallest absolute Gasteiger partial charge is 0.273 e. The fourth-order valence-corrected chi connectivity index (χ4v) is 4.11. The molecule has 32 heavy (non-hydrogen) atoms. The maximum Gasteiger partial charge on any atom is 0.273 e. The monoisotopic (exact) mass is 430 g/mol. The van der Waals surface area contributed by atoms with Crippen molar-refractivity contribution in [3.8, 4) is 11.3 Å². The molecule has 1 aromatic heterocycles. The number of nitrogens with zero attached hydrogens (tertiary/aromatic N) is 2. The SMILES string of the molecule is CNCCCNC(=O)c1nc(-c2cccc(CN[C@H]3CCc4ccccc43)c2)cnc1N. The van der Waals surface area contributed by atoms with Crippen molar-refractivity contribution < 1.29 is 4.79 Å². The number of benzene rings is 2. The maximum absolute atomic E-state index is 12.5. The third-order valence-corrected chi connectivity index (χ3v) is 5.81. The highest BCUT2D eigenvalue weighted by Gasteiger charge is 2.21. The zero-order valence-corrected chi connectivity index (χ0v) is 18.4. The number of aromatic nitrogens is 2. The van der Waals surface area contributed by atoms with Gasteiger partial charge in [-0.25, -0.2) is 9.97 Å². The Morgan fingerprint density at radius 2 is 2.03 bits per heavy atom. The lowest BCUT2D eigenvalue weighted by Crippen LogP contribution is -2.28. The first kappa shape index (κ1) is 21.9. The summed E-state index contributed by atoms with van der Waals surface area (Å²) in [6.45, 7) is 2.14. The molecule has 0 unspecified atom stereocenters. The van der Waals surface area contributed by atoms with Gasteiger partial charge in [-0.15, -0.1) is 0 Å². The molecular formula is C25H30N6O. The summed E-state index contributed by atoms with van der Waals surface area (Å²) in [4.78, 5) is 21.2. The summed E-state index contributed by atoms with van der Waals surface area (Å²) in [7, 11) is 1.88. The number of anilines is 1. The summed E-state index contributed by atoms with van der Waals surface area (Å²) in [6.07, 6.45) is 4.69. The van der Waals surface area contributed by atoms with E-state index in [1.165, 1.54) is 11.1 Å². The van der Waals surface area contributed by atoms with Crippen molar-refractivity contribution in [1.29, 1.82) is 0 Å². The Labute approximate surface area is 188 Å². The predicted octanol–water partition coefficient (Wildman–Crippen LogP) is 2.84. The molecule has 2 aromatic carbocycles. The molecule has 1 heterocycles. The lowest BCUT2D eigenvalue weighted by atomic mass is 10.1. The van der Waals surface area contributed by atoms with E-state index in [9.17, 15) is 4.79 Å². The molecule has 5 N–H and O–H groups in total. The molecule has 0 saturated heterocycles. The van der Waals surface area contributed by atoms with Gasteiger partial charge >= 0.3 is 0 Å². The molecule has 7 nitrogen and oxygen atoms in total. The van der Waals surface area contributed by atoms with Gasteiger partial charge in [0.15, 0.2) is 11.5 Å². The second-order valence-electron chi connectivity index (χ2n) is 8.07. The van der Waals surface area contributed by atoms with Crippen LogP contribution in [0.15, 0.2) is 54.7 Å². The van der Waals surface area contributed by atoms with Gasteiger partial charge < -0.3 is 21.7 Å². The Morgan fingerprint density at radius 1 is 1.16 bits per heavy atom. The van der Waals surface area contributed by atoms with Gasteiger partial charge in [0.1, 0.15) is 0 Å². The van der Waals surface area contributed by atoms with Crippen LogP contribution in [0.4, 0.5) is 5.82 Å². The standard InChI is InChI=1S/C25H30N6O/c1-27-12-5-13-28-25(32)23-24(26)30-16-22(31-23)19-8-4-6-17(14-19)15-29-21-11-10-18-7-2-3-9-20(18)21/h2-4,6-9,14,16,21,27,29H,5,10-13,15H2,1H3,(H2,26,30)(H,28,32)/t21-/m0/s1. The molecule has 1 aliphatic rings. The average molecular weight is 431 g/mol. The number of rotatable bonds is 9. The Kier molecular flexibility index (Phi) is 7.09. The molecule has 1 amide bonds. The van der Waals surface area contributed by atoms with E-state index in [2.05, 4.69) is 62.3 Å². The zero-order chi connectivity index (χ0) is 22.3. The minimum Gasteiger partial charge on any atom is -0.382 e. The Bertz CT molecular complexity index is 1080. The highest BCUT2D eigenvalue weighted by atomic mass is 16.1. The first-order chi connectivity index (χ1) is 15.7. The first-order valence-corrected chi connectivity index (χ1v) is 11.1. The van der Waals surface area contributed by atoms with Crippen LogP contribution in [0.2, 0.25) is 0 Å². The van der Waals surface area contributed by atoms with Crippen LogP contribution in [-0.4, -0.2) is 36.0 Å². The van der Waals surface area contributed by atoms with Crippen molar-refractivity contribution in [3.05, 3.63) is 77.1 Å². The molecule has 1 aliphatic carbocycles. The van der Waals surface area contributed by atoms with E-state index in [0.717, 1.165) is 43.5 Å². The van der Waals surface area contributed by atoms with Crippen molar-refractivity contribution in [2.24, 2.45) is 0 Å². The molecule has 4 rings (SSSR count). The fourth-order valence-electron chi connectivity index (χ4n) is 4.11. The van der Waals surface area contributed by atoms with Crippen molar-refractivity contribution in [3.63, 3.8) is 0 Å². The minimum atomic E-state index is -0.300. The van der Waals surface area contributed by atoms with E-state index in [4.69, 9.17) is 5.73 Å². The number of carbonyl (C=O) groups is 1. The lowest BCUT2D eigenvalue weighted by molar-refractivity contribution is 0.0949. The summed E-state index contributed by atoms with van der Waals surface area (Å²) in [5.74, 6) is -0.164. The van der Waals surface area contributed by atoms with Crippen LogP contribution in [0.1, 0.15) is 46.1 Å². The molecule has 0 fully saturated rings. The minimum absolute atomic E-state index is 0.137. The van der Waals surface area contributed by atoms with E-state index < -0.39 is 0 Å². The lowest BCUT2D eigenvalue weighted by Gasteiger charge is -2.15. The number of aryl methyl sites for hydroxylation is 1. The van der Waals surface area contributed by atoms with Crippen LogP contribution in [0.25, 0.3) is 11.3 Å². The molecule has 0 saturated carbocycles. The van der Waals surface area contributed by atoms with E-state index in [-0.39, 0.29) is 17.4 Å². The van der Waals surface area contributed by atoms with E-state index in [1.807, 2.05) is 19.2 Å². The second-order valence-corrected chi connectivity index (χ2v) is 8.07. The van der Waals surface area contributed by atoms with Crippen LogP contribution in [0, 0.1) is 0 Å². The summed E-state index contributed by atoms with van der Waals surface area (Å²) in [5.41, 5.74) is 11.6. The average Bonchev–Trinajstić information content (AvgIpc) is 3.24. The number of nitrogens with two attached hydrogens (primary N) is 1. The van der Waals surface area contributed by atoms with Crippen molar-refractivity contribution >= 4 is 11.7 Å². The van der Waals surface area contributed by atoms with E-state index >= 15 is 0 Å². The number of amides is 1. The number of nitrogens with one attached hydrogen (secondary N) is 3. The second kappa shape index (κ2) is 10.3. The van der Waals surface area contributed by atoms with Gasteiger partial charge in [0.2, 0.25) is 0 Å². The highest BCUT2D eigenvalue weighted by molar-refractivity contribution is 5.96. The Balaban J connectivity index is 1.44. The maximum atomic E-state index is 12.5. The molecular weight excluding hydrogens is 400 g/mol. The molecule has 1 atom stereocenters. The van der Waals surface area contributed by atoms with Gasteiger partial charge in [-0.3, -0.25) is 4.79 Å². The molecule has 0 bridgehead atoms. The number of hydrogen-bond acceptors (Lipinski definition) is 6. The highest BCUT2D eigenvalue weighted by Crippen LogP contribution is 2.31. The van der Waals surface area contributed by atoms with Crippen LogP contribution >= 0.6 is 0 Å². The number of hydrogen-bond donors (Lipinski definition) is 4. The fraction of sp³-hybridized carbons (Fsp3) is 0.320. The van der Waals surface area contributed by atoms with Crippen LogP contribution in [0.3, 0.4) is 0 Å². The molecule has 0 spiro atoms. The van der Waals surface area contributed by atoms with E-state index in [1.54, 1.807) is 6.20 Å². The predicted molar refractivity (Wildman–Crippen MR) is 127 cm³/mol. The van der Waals surface area contributed by atoms with Gasteiger partial charge in [-0.1, -0.05) is 42.5 Å². The summed E-state index contributed by atoms with van der Waals surface area (Å²) in [6, 6.07) is 17.2. The van der Waals surface area contributed by atoms with E-state index in [0.29, 0.717) is 18.3 Å². The van der Waals surface area contributed by atoms with Crippen LogP contribution in [-0.2, 0) is 13.0 Å². The third-order valence-electron chi connectivity index (χ3n) is 5.81. The molecule has 7 heteroatoms. The van der Waals surface area contributed by atoms with Crippen molar-refractivity contribution in [2.75, 3.05) is 25.9 Å². The number of nitrogen functional groups attached to an aromatic ring is 1. The third kappa shape index (κ3) is 5.12. The van der Waals surface area contributed by atoms with Gasteiger partial charge in [0.25, 0.3) is 5.91 Å². The largest absolute Gasteiger partial charge is 0.382 e. The summed E-state index contributed by atoms with van der Waals surface area (Å²) < 4.78 is 0. The van der Waals surface area contributed by atoms with Crippen LogP contribution < -0.4 is 21.7 Å².